The minimum Gasteiger partial charge on any atom is -0.497 e. The minimum absolute atomic E-state index is 0.0719. The molecule has 0 atom stereocenters. The second-order valence-corrected chi connectivity index (χ2v) is 7.13. The van der Waals surface area contributed by atoms with E-state index in [1.54, 1.807) is 7.11 Å². The third kappa shape index (κ3) is 3.23. The summed E-state index contributed by atoms with van der Waals surface area (Å²) in [5.41, 5.74) is -0.0631. The maximum atomic E-state index is 13.0. The van der Waals surface area contributed by atoms with Crippen LogP contribution in [0.3, 0.4) is 0 Å². The molecule has 2 N–H and O–H groups in total. The number of amides is 1. The Kier molecular flexibility index (Phi) is 4.62. The average Bonchev–Trinajstić information content (AvgIpc) is 2.58. The standard InChI is InChI=1S/C19H27NO3/c1-23-16-8-6-15(7-9-16)19(12-3-2-4-13-19)17(21)20-14-18(22)10-5-11-18/h6-9,22H,2-5,10-14H2,1H3,(H,20,21). The molecule has 2 aliphatic rings. The van der Waals surface area contributed by atoms with Crippen LogP contribution in [0.5, 0.6) is 5.75 Å². The highest BCUT2D eigenvalue weighted by Gasteiger charge is 2.42. The molecule has 0 heterocycles. The molecule has 23 heavy (non-hydrogen) atoms. The van der Waals surface area contributed by atoms with Gasteiger partial charge in [-0.1, -0.05) is 31.4 Å². The quantitative estimate of drug-likeness (QED) is 0.878. The summed E-state index contributed by atoms with van der Waals surface area (Å²) >= 11 is 0. The molecular weight excluding hydrogens is 290 g/mol. The fourth-order valence-electron chi connectivity index (χ4n) is 3.89. The van der Waals surface area contributed by atoms with Crippen molar-refractivity contribution in [1.29, 1.82) is 0 Å². The molecule has 1 aromatic carbocycles. The van der Waals surface area contributed by atoms with Crippen LogP contribution in [0.15, 0.2) is 24.3 Å². The Morgan fingerprint density at radius 1 is 1.09 bits per heavy atom. The molecule has 2 saturated carbocycles. The molecule has 0 aromatic heterocycles. The van der Waals surface area contributed by atoms with Crippen LogP contribution in [-0.2, 0) is 10.2 Å². The van der Waals surface area contributed by atoms with Gasteiger partial charge in [0.25, 0.3) is 0 Å². The Morgan fingerprint density at radius 3 is 2.26 bits per heavy atom. The van der Waals surface area contributed by atoms with Gasteiger partial charge < -0.3 is 15.2 Å². The van der Waals surface area contributed by atoms with Crippen LogP contribution in [-0.4, -0.2) is 30.3 Å². The molecule has 2 fully saturated rings. The zero-order valence-electron chi connectivity index (χ0n) is 13.9. The molecule has 1 aromatic rings. The fraction of sp³-hybridized carbons (Fsp3) is 0.632. The van der Waals surface area contributed by atoms with E-state index >= 15 is 0 Å². The average molecular weight is 317 g/mol. The minimum atomic E-state index is -0.675. The van der Waals surface area contributed by atoms with Gasteiger partial charge in [-0.25, -0.2) is 0 Å². The molecular formula is C19H27NO3. The number of carbonyl (C=O) groups is 1. The Hall–Kier alpha value is -1.55. The van der Waals surface area contributed by atoms with Crippen molar-refractivity contribution in [1.82, 2.24) is 5.32 Å². The van der Waals surface area contributed by atoms with Gasteiger partial charge in [0.1, 0.15) is 5.75 Å². The highest BCUT2D eigenvalue weighted by molar-refractivity contribution is 5.88. The Balaban J connectivity index is 1.78. The van der Waals surface area contributed by atoms with E-state index in [1.165, 1.54) is 6.42 Å². The Morgan fingerprint density at radius 2 is 1.74 bits per heavy atom. The van der Waals surface area contributed by atoms with Gasteiger partial charge in [-0.2, -0.15) is 0 Å². The zero-order valence-corrected chi connectivity index (χ0v) is 13.9. The molecule has 0 unspecified atom stereocenters. The van der Waals surface area contributed by atoms with Gasteiger partial charge in [-0.15, -0.1) is 0 Å². The number of hydrogen-bond acceptors (Lipinski definition) is 3. The number of carbonyl (C=O) groups excluding carboxylic acids is 1. The molecule has 0 saturated heterocycles. The SMILES string of the molecule is COc1ccc(C2(C(=O)NCC3(O)CCC3)CCCCC2)cc1. The van der Waals surface area contributed by atoms with Crippen LogP contribution in [0.25, 0.3) is 0 Å². The van der Waals surface area contributed by atoms with Crippen LogP contribution in [0.1, 0.15) is 56.9 Å². The lowest BCUT2D eigenvalue weighted by Gasteiger charge is -2.40. The number of aliphatic hydroxyl groups is 1. The molecule has 0 radical (unpaired) electrons. The molecule has 0 bridgehead atoms. The zero-order chi connectivity index (χ0) is 16.3. The van der Waals surface area contributed by atoms with Gasteiger partial charge in [-0.3, -0.25) is 4.79 Å². The van der Waals surface area contributed by atoms with Crippen molar-refractivity contribution in [2.75, 3.05) is 13.7 Å². The smallest absolute Gasteiger partial charge is 0.230 e. The monoisotopic (exact) mass is 317 g/mol. The lowest BCUT2D eigenvalue weighted by atomic mass is 9.68. The first-order valence-corrected chi connectivity index (χ1v) is 8.73. The summed E-state index contributed by atoms with van der Waals surface area (Å²) in [6.07, 6.45) is 7.73. The summed E-state index contributed by atoms with van der Waals surface area (Å²) in [5, 5.41) is 13.3. The molecule has 4 nitrogen and oxygen atoms in total. The van der Waals surface area contributed by atoms with E-state index in [0.29, 0.717) is 6.54 Å². The molecule has 126 valence electrons. The van der Waals surface area contributed by atoms with Gasteiger partial charge in [0.05, 0.1) is 18.1 Å². The van der Waals surface area contributed by atoms with Crippen LogP contribution in [0, 0.1) is 0 Å². The molecule has 0 spiro atoms. The van der Waals surface area contributed by atoms with E-state index in [1.807, 2.05) is 24.3 Å². The van der Waals surface area contributed by atoms with E-state index in [9.17, 15) is 9.90 Å². The van der Waals surface area contributed by atoms with E-state index in [4.69, 9.17) is 4.74 Å². The predicted octanol–water partition coefficient (Wildman–Crippen LogP) is 2.93. The number of ether oxygens (including phenoxy) is 1. The van der Waals surface area contributed by atoms with Gasteiger partial charge >= 0.3 is 0 Å². The summed E-state index contributed by atoms with van der Waals surface area (Å²) in [5.74, 6) is 0.881. The van der Waals surface area contributed by atoms with Crippen LogP contribution in [0.4, 0.5) is 0 Å². The van der Waals surface area contributed by atoms with Crippen molar-refractivity contribution in [3.8, 4) is 5.75 Å². The maximum Gasteiger partial charge on any atom is 0.230 e. The van der Waals surface area contributed by atoms with Crippen LogP contribution >= 0.6 is 0 Å². The Bertz CT molecular complexity index is 542. The molecule has 3 rings (SSSR count). The lowest BCUT2D eigenvalue weighted by molar-refractivity contribution is -0.130. The van der Waals surface area contributed by atoms with E-state index in [0.717, 1.165) is 56.3 Å². The van der Waals surface area contributed by atoms with Gasteiger partial charge in [-0.05, 0) is 49.8 Å². The third-order valence-corrected chi connectivity index (χ3v) is 5.65. The van der Waals surface area contributed by atoms with Gasteiger partial charge in [0.15, 0.2) is 0 Å². The van der Waals surface area contributed by atoms with Crippen molar-refractivity contribution in [2.24, 2.45) is 0 Å². The predicted molar refractivity (Wildman–Crippen MR) is 89.6 cm³/mol. The Labute approximate surface area is 138 Å². The van der Waals surface area contributed by atoms with Crippen molar-refractivity contribution in [3.05, 3.63) is 29.8 Å². The van der Waals surface area contributed by atoms with Crippen molar-refractivity contribution in [2.45, 2.75) is 62.4 Å². The highest BCUT2D eigenvalue weighted by atomic mass is 16.5. The number of hydrogen-bond donors (Lipinski definition) is 2. The number of benzene rings is 1. The largest absolute Gasteiger partial charge is 0.497 e. The second-order valence-electron chi connectivity index (χ2n) is 7.13. The van der Waals surface area contributed by atoms with Gasteiger partial charge in [0, 0.05) is 6.54 Å². The van der Waals surface area contributed by atoms with E-state index < -0.39 is 11.0 Å². The summed E-state index contributed by atoms with van der Waals surface area (Å²) in [4.78, 5) is 13.0. The molecule has 2 aliphatic carbocycles. The van der Waals surface area contributed by atoms with Crippen molar-refractivity contribution >= 4 is 5.91 Å². The van der Waals surface area contributed by atoms with Crippen LogP contribution in [0.2, 0.25) is 0 Å². The third-order valence-electron chi connectivity index (χ3n) is 5.65. The summed E-state index contributed by atoms with van der Waals surface area (Å²) in [6, 6.07) is 7.89. The van der Waals surface area contributed by atoms with Crippen molar-refractivity contribution < 1.29 is 14.6 Å². The highest BCUT2D eigenvalue weighted by Crippen LogP contribution is 2.40. The molecule has 1 amide bonds. The van der Waals surface area contributed by atoms with Crippen molar-refractivity contribution in [3.63, 3.8) is 0 Å². The first-order chi connectivity index (χ1) is 11.1. The second kappa shape index (κ2) is 6.52. The molecule has 4 heteroatoms. The summed E-state index contributed by atoms with van der Waals surface area (Å²) in [6.45, 7) is 0.379. The van der Waals surface area contributed by atoms with E-state index in [-0.39, 0.29) is 5.91 Å². The number of nitrogens with one attached hydrogen (secondary N) is 1. The first kappa shape index (κ1) is 16.3. The lowest BCUT2D eigenvalue weighted by Crippen LogP contribution is -2.53. The van der Waals surface area contributed by atoms with Crippen LogP contribution < -0.4 is 10.1 Å². The topological polar surface area (TPSA) is 58.6 Å². The first-order valence-electron chi connectivity index (χ1n) is 8.73. The fourth-order valence-corrected chi connectivity index (χ4v) is 3.89. The maximum absolute atomic E-state index is 13.0. The van der Waals surface area contributed by atoms with Gasteiger partial charge in [0.2, 0.25) is 5.91 Å². The molecule has 0 aliphatic heterocycles. The summed E-state index contributed by atoms with van der Waals surface area (Å²) < 4.78 is 5.23. The number of methoxy groups -OCH3 is 1. The van der Waals surface area contributed by atoms with E-state index in [2.05, 4.69) is 5.32 Å². The normalized spacial score (nSPS) is 22.0. The number of rotatable bonds is 5. The summed E-state index contributed by atoms with van der Waals surface area (Å²) in [7, 11) is 1.65.